The fourth-order valence-electron chi connectivity index (χ4n) is 2.82. The lowest BCUT2D eigenvalue weighted by Gasteiger charge is -2.25. The monoisotopic (exact) mass is 323 g/mol. The van der Waals surface area contributed by atoms with E-state index in [1.165, 1.54) is 30.4 Å². The topological polar surface area (TPSA) is 95.7 Å². The van der Waals surface area contributed by atoms with E-state index in [2.05, 4.69) is 4.98 Å². The van der Waals surface area contributed by atoms with Gasteiger partial charge in [0, 0.05) is 26.4 Å². The van der Waals surface area contributed by atoms with Gasteiger partial charge >= 0.3 is 0 Å². The number of carbonyl (C=O) groups is 2. The van der Waals surface area contributed by atoms with E-state index in [0.29, 0.717) is 5.89 Å². The van der Waals surface area contributed by atoms with E-state index in [-0.39, 0.29) is 23.9 Å². The van der Waals surface area contributed by atoms with Gasteiger partial charge in [-0.3, -0.25) is 14.8 Å². The van der Waals surface area contributed by atoms with Gasteiger partial charge in [0.25, 0.3) is 5.91 Å². The molecule has 1 aliphatic carbocycles. The van der Waals surface area contributed by atoms with Crippen LogP contribution in [0, 0.1) is 5.92 Å². The van der Waals surface area contributed by atoms with Crippen LogP contribution in [0.25, 0.3) is 0 Å². The van der Waals surface area contributed by atoms with Crippen LogP contribution in [0.3, 0.4) is 0 Å². The Morgan fingerprint density at radius 1 is 1.48 bits per heavy atom. The number of nitrogens with zero attached hydrogens (tertiary/aromatic N) is 2. The first kappa shape index (κ1) is 17.5. The van der Waals surface area contributed by atoms with Gasteiger partial charge < -0.3 is 9.32 Å². The molecule has 2 N–H and O–H groups in total. The Kier molecular flexibility index (Phi) is 6.15. The Morgan fingerprint density at radius 3 is 2.78 bits per heavy atom. The standard InChI is InChI=1S/C16H25N3O4/c1-19(2)16(21)13-10-23-15(17-13)12(9-14(20)18-22)8-4-7-11-5-3-6-11/h10-12,22H,3-9H2,1-2H3,(H,18,20)/t12-/m1/s1. The third-order valence-electron chi connectivity index (χ3n) is 4.44. The molecule has 2 amide bonds. The van der Waals surface area contributed by atoms with Gasteiger partial charge in [-0.2, -0.15) is 0 Å². The van der Waals surface area contributed by atoms with Gasteiger partial charge in [0.05, 0.1) is 0 Å². The van der Waals surface area contributed by atoms with Crippen LogP contribution >= 0.6 is 0 Å². The lowest BCUT2D eigenvalue weighted by Crippen LogP contribution is -2.23. The SMILES string of the molecule is CN(C)C(=O)c1coc([C@H](CCCC2CCC2)CC(=O)NO)n1. The predicted molar refractivity (Wildman–Crippen MR) is 83.0 cm³/mol. The van der Waals surface area contributed by atoms with E-state index in [0.717, 1.165) is 25.2 Å². The molecule has 1 aromatic heterocycles. The number of amides is 2. The molecule has 1 fully saturated rings. The Morgan fingerprint density at radius 2 is 2.22 bits per heavy atom. The van der Waals surface area contributed by atoms with Gasteiger partial charge in [-0.1, -0.05) is 32.1 Å². The van der Waals surface area contributed by atoms with Crippen LogP contribution in [0.1, 0.15) is 67.2 Å². The van der Waals surface area contributed by atoms with Crippen molar-refractivity contribution in [3.63, 3.8) is 0 Å². The summed E-state index contributed by atoms with van der Waals surface area (Å²) in [5, 5.41) is 8.75. The van der Waals surface area contributed by atoms with Crippen molar-refractivity contribution in [3.8, 4) is 0 Å². The van der Waals surface area contributed by atoms with Gasteiger partial charge in [0.2, 0.25) is 5.91 Å². The lowest BCUT2D eigenvalue weighted by atomic mass is 9.81. The first-order valence-corrected chi connectivity index (χ1v) is 8.11. The van der Waals surface area contributed by atoms with Crippen LogP contribution in [0.2, 0.25) is 0 Å². The number of carbonyl (C=O) groups excluding carboxylic acids is 2. The highest BCUT2D eigenvalue weighted by Gasteiger charge is 2.24. The summed E-state index contributed by atoms with van der Waals surface area (Å²) in [4.78, 5) is 29.1. The Hall–Kier alpha value is -1.89. The first-order valence-electron chi connectivity index (χ1n) is 8.11. The lowest BCUT2D eigenvalue weighted by molar-refractivity contribution is -0.129. The first-order chi connectivity index (χ1) is 11.0. The molecule has 0 spiro atoms. The van der Waals surface area contributed by atoms with E-state index in [4.69, 9.17) is 9.62 Å². The summed E-state index contributed by atoms with van der Waals surface area (Å²) in [6, 6.07) is 0. The zero-order valence-corrected chi connectivity index (χ0v) is 13.7. The smallest absolute Gasteiger partial charge is 0.275 e. The highest BCUT2D eigenvalue weighted by molar-refractivity contribution is 5.91. The molecule has 2 rings (SSSR count). The third-order valence-corrected chi connectivity index (χ3v) is 4.44. The van der Waals surface area contributed by atoms with Crippen molar-refractivity contribution >= 4 is 11.8 Å². The number of nitrogens with one attached hydrogen (secondary N) is 1. The maximum Gasteiger partial charge on any atom is 0.275 e. The van der Waals surface area contributed by atoms with E-state index in [9.17, 15) is 9.59 Å². The van der Waals surface area contributed by atoms with Crippen molar-refractivity contribution in [2.75, 3.05) is 14.1 Å². The van der Waals surface area contributed by atoms with Gasteiger partial charge in [0.1, 0.15) is 6.26 Å². The molecule has 0 saturated heterocycles. The number of hydroxylamine groups is 1. The fourth-order valence-corrected chi connectivity index (χ4v) is 2.82. The largest absolute Gasteiger partial charge is 0.448 e. The molecule has 1 saturated carbocycles. The van der Waals surface area contributed by atoms with Gasteiger partial charge in [-0.15, -0.1) is 0 Å². The molecule has 0 aliphatic heterocycles. The molecule has 1 heterocycles. The number of oxazole rings is 1. The van der Waals surface area contributed by atoms with Crippen LogP contribution in [-0.2, 0) is 4.79 Å². The average Bonchev–Trinajstić information content (AvgIpc) is 2.96. The summed E-state index contributed by atoms with van der Waals surface area (Å²) < 4.78 is 5.42. The summed E-state index contributed by atoms with van der Waals surface area (Å²) in [7, 11) is 3.29. The van der Waals surface area contributed by atoms with Crippen molar-refractivity contribution in [3.05, 3.63) is 17.8 Å². The van der Waals surface area contributed by atoms with Crippen LogP contribution in [0.4, 0.5) is 0 Å². The summed E-state index contributed by atoms with van der Waals surface area (Å²) in [5.74, 6) is 0.244. The Balaban J connectivity index is 1.99. The number of rotatable bonds is 8. The summed E-state index contributed by atoms with van der Waals surface area (Å²) in [6.07, 6.45) is 8.20. The van der Waals surface area contributed by atoms with E-state index < -0.39 is 5.91 Å². The molecular formula is C16H25N3O4. The van der Waals surface area contributed by atoms with Gasteiger partial charge in [-0.25, -0.2) is 10.5 Å². The van der Waals surface area contributed by atoms with Crippen molar-refractivity contribution in [2.45, 2.75) is 50.9 Å². The fraction of sp³-hybridized carbons (Fsp3) is 0.688. The second-order valence-electron chi connectivity index (χ2n) is 6.43. The molecule has 1 aliphatic rings. The molecule has 1 aromatic rings. The number of hydrogen-bond acceptors (Lipinski definition) is 5. The third kappa shape index (κ3) is 4.79. The molecule has 23 heavy (non-hydrogen) atoms. The molecule has 0 bridgehead atoms. The highest BCUT2D eigenvalue weighted by Crippen LogP contribution is 2.33. The number of hydrogen-bond donors (Lipinski definition) is 2. The zero-order valence-electron chi connectivity index (χ0n) is 13.7. The maximum absolute atomic E-state index is 11.9. The molecule has 7 nitrogen and oxygen atoms in total. The van der Waals surface area contributed by atoms with Gasteiger partial charge in [-0.05, 0) is 12.3 Å². The molecule has 0 radical (unpaired) electrons. The predicted octanol–water partition coefficient (Wildman–Crippen LogP) is 2.33. The minimum Gasteiger partial charge on any atom is -0.448 e. The second-order valence-corrected chi connectivity index (χ2v) is 6.43. The molecule has 1 atom stereocenters. The average molecular weight is 323 g/mol. The quantitative estimate of drug-likeness (QED) is 0.565. The summed E-state index contributed by atoms with van der Waals surface area (Å²) in [5.41, 5.74) is 1.89. The Labute approximate surface area is 136 Å². The van der Waals surface area contributed by atoms with Crippen LogP contribution in [-0.4, -0.2) is 41.0 Å². The molecule has 128 valence electrons. The van der Waals surface area contributed by atoms with Crippen LogP contribution in [0.15, 0.2) is 10.7 Å². The van der Waals surface area contributed by atoms with Crippen LogP contribution in [0.5, 0.6) is 0 Å². The van der Waals surface area contributed by atoms with Gasteiger partial charge in [0.15, 0.2) is 11.6 Å². The van der Waals surface area contributed by atoms with Crippen molar-refractivity contribution < 1.29 is 19.2 Å². The van der Waals surface area contributed by atoms with Crippen LogP contribution < -0.4 is 5.48 Å². The maximum atomic E-state index is 11.9. The second kappa shape index (κ2) is 8.10. The minimum atomic E-state index is -0.475. The molecule has 0 aromatic carbocycles. The van der Waals surface area contributed by atoms with E-state index in [1.54, 1.807) is 19.6 Å². The molecular weight excluding hydrogens is 298 g/mol. The molecule has 0 unspecified atom stereocenters. The van der Waals surface area contributed by atoms with Crippen molar-refractivity contribution in [1.29, 1.82) is 0 Å². The normalized spacial score (nSPS) is 15.8. The van der Waals surface area contributed by atoms with E-state index in [1.807, 2.05) is 0 Å². The van der Waals surface area contributed by atoms with E-state index >= 15 is 0 Å². The summed E-state index contributed by atoms with van der Waals surface area (Å²) >= 11 is 0. The van der Waals surface area contributed by atoms with Crippen molar-refractivity contribution in [1.82, 2.24) is 15.4 Å². The summed E-state index contributed by atoms with van der Waals surface area (Å²) in [6.45, 7) is 0. The molecule has 7 heteroatoms. The zero-order chi connectivity index (χ0) is 16.8. The van der Waals surface area contributed by atoms with Crippen molar-refractivity contribution in [2.24, 2.45) is 5.92 Å². The minimum absolute atomic E-state index is 0.0945. The number of aromatic nitrogens is 1. The highest BCUT2D eigenvalue weighted by atomic mass is 16.5. The Bertz CT molecular complexity index is 537.